The lowest BCUT2D eigenvalue weighted by Gasteiger charge is -2.21. The minimum atomic E-state index is -5.99. The highest BCUT2D eigenvalue weighted by molar-refractivity contribution is 7.90. The quantitative estimate of drug-likeness (QED) is 0.448. The maximum atomic E-state index is 14.0. The number of sulfonamides is 1. The molecule has 36 heavy (non-hydrogen) atoms. The Morgan fingerprint density at radius 3 is 2.14 bits per heavy atom. The fourth-order valence-electron chi connectivity index (χ4n) is 3.25. The average molecular weight is 530 g/mol. The fourth-order valence-corrected chi connectivity index (χ4v) is 4.19. The number of anilines is 1. The van der Waals surface area contributed by atoms with Gasteiger partial charge in [-0.05, 0) is 56.2 Å². The van der Waals surface area contributed by atoms with Gasteiger partial charge < -0.3 is 10.5 Å². The first-order valence-corrected chi connectivity index (χ1v) is 11.5. The van der Waals surface area contributed by atoms with E-state index in [4.69, 9.17) is 10.5 Å². The number of aromatic nitrogens is 2. The van der Waals surface area contributed by atoms with E-state index in [0.717, 1.165) is 11.6 Å². The molecule has 192 valence electrons. The molecule has 1 aromatic carbocycles. The number of nitrogens with zero attached hydrogens (tertiary/aromatic N) is 2. The van der Waals surface area contributed by atoms with Crippen LogP contribution in [0.2, 0.25) is 0 Å². The molecule has 8 nitrogen and oxygen atoms in total. The van der Waals surface area contributed by atoms with Gasteiger partial charge in [0.15, 0.2) is 5.03 Å². The smallest absolute Gasteiger partial charge is 0.438 e. The summed E-state index contributed by atoms with van der Waals surface area (Å²) in [6.07, 6.45) is -5.99. The van der Waals surface area contributed by atoms with Crippen LogP contribution in [0.15, 0.2) is 47.5 Å². The molecule has 14 heteroatoms. The molecule has 3 aromatic rings. The van der Waals surface area contributed by atoms with Gasteiger partial charge in [0, 0.05) is 0 Å². The zero-order valence-corrected chi connectivity index (χ0v) is 19.8. The first-order valence-electron chi connectivity index (χ1n) is 10.0. The predicted molar refractivity (Wildman–Crippen MR) is 118 cm³/mol. The van der Waals surface area contributed by atoms with Crippen molar-refractivity contribution in [1.82, 2.24) is 14.7 Å². The van der Waals surface area contributed by atoms with Gasteiger partial charge in [-0.15, -0.1) is 0 Å². The molecule has 0 saturated carbocycles. The largest absolute Gasteiger partial charge is 0.459 e. The van der Waals surface area contributed by atoms with E-state index in [-0.39, 0.29) is 17.6 Å². The number of carbonyl (C=O) groups is 1. The summed E-state index contributed by atoms with van der Waals surface area (Å²) >= 11 is 0. The van der Waals surface area contributed by atoms with Crippen LogP contribution >= 0.6 is 0 Å². The Bertz CT molecular complexity index is 1420. The van der Waals surface area contributed by atoms with Crippen LogP contribution in [-0.2, 0) is 15.9 Å². The molecule has 0 atom stereocenters. The Balaban J connectivity index is 2.11. The van der Waals surface area contributed by atoms with E-state index in [1.165, 1.54) is 12.1 Å². The van der Waals surface area contributed by atoms with Crippen molar-refractivity contribution in [3.63, 3.8) is 0 Å². The van der Waals surface area contributed by atoms with Crippen molar-refractivity contribution in [2.75, 3.05) is 5.73 Å². The van der Waals surface area contributed by atoms with E-state index in [0.29, 0.717) is 17.2 Å². The molecule has 0 bridgehead atoms. The summed E-state index contributed by atoms with van der Waals surface area (Å²) in [5.41, 5.74) is 4.73. The SMILES string of the molecule is Cc1cc(C)c(Oc2nc(C(F)(F)C(F)(F)F)ccc2C(=O)NS(=O)(=O)c2cccc(N)n2)c(C)c1. The fraction of sp³-hybridized carbons (Fsp3) is 0.227. The molecule has 0 aliphatic carbocycles. The second kappa shape index (κ2) is 9.33. The summed E-state index contributed by atoms with van der Waals surface area (Å²) in [6.45, 7) is 4.93. The third kappa shape index (κ3) is 5.37. The van der Waals surface area contributed by atoms with Crippen molar-refractivity contribution in [3.8, 4) is 11.6 Å². The molecule has 3 rings (SSSR count). The molecule has 0 fully saturated rings. The average Bonchev–Trinajstić information content (AvgIpc) is 2.75. The summed E-state index contributed by atoms with van der Waals surface area (Å²) < 4.78 is 99.1. The molecule has 2 aromatic heterocycles. The van der Waals surface area contributed by atoms with Gasteiger partial charge in [0.05, 0.1) is 0 Å². The van der Waals surface area contributed by atoms with Crippen molar-refractivity contribution < 1.29 is 39.9 Å². The minimum Gasteiger partial charge on any atom is -0.438 e. The highest BCUT2D eigenvalue weighted by Crippen LogP contribution is 2.44. The first kappa shape index (κ1) is 26.8. The highest BCUT2D eigenvalue weighted by Gasteiger charge is 2.60. The Kier molecular flexibility index (Phi) is 6.94. The molecule has 0 aliphatic rings. The number of halogens is 5. The van der Waals surface area contributed by atoms with Gasteiger partial charge in [-0.2, -0.15) is 30.4 Å². The number of nitrogens with two attached hydrogens (primary N) is 1. The number of hydrogen-bond donors (Lipinski definition) is 2. The number of nitrogen functional groups attached to an aromatic ring is 1. The van der Waals surface area contributed by atoms with E-state index in [1.807, 2.05) is 0 Å². The van der Waals surface area contributed by atoms with Crippen LogP contribution in [0.3, 0.4) is 0 Å². The van der Waals surface area contributed by atoms with E-state index >= 15 is 0 Å². The minimum absolute atomic E-state index is 0.0370. The zero-order chi connectivity index (χ0) is 27.1. The molecule has 1 amide bonds. The van der Waals surface area contributed by atoms with Crippen LogP contribution in [0.5, 0.6) is 11.6 Å². The summed E-state index contributed by atoms with van der Waals surface area (Å²) in [6, 6.07) is 7.70. The molecule has 0 aliphatic heterocycles. The van der Waals surface area contributed by atoms with E-state index in [1.54, 1.807) is 37.6 Å². The van der Waals surface area contributed by atoms with Crippen LogP contribution in [0, 0.1) is 20.8 Å². The third-order valence-corrected chi connectivity index (χ3v) is 6.07. The summed E-state index contributed by atoms with van der Waals surface area (Å²) in [5.74, 6) is -7.88. The number of hydrogen-bond acceptors (Lipinski definition) is 7. The van der Waals surface area contributed by atoms with Gasteiger partial charge in [-0.25, -0.2) is 14.7 Å². The summed E-state index contributed by atoms with van der Waals surface area (Å²) in [4.78, 5) is 19.7. The van der Waals surface area contributed by atoms with Crippen LogP contribution < -0.4 is 15.2 Å². The zero-order valence-electron chi connectivity index (χ0n) is 18.9. The number of rotatable bonds is 6. The van der Waals surface area contributed by atoms with Crippen molar-refractivity contribution in [3.05, 3.63) is 70.4 Å². The number of ether oxygens (including phenoxy) is 1. The number of amides is 1. The number of alkyl halides is 5. The van der Waals surface area contributed by atoms with Gasteiger partial charge >= 0.3 is 12.1 Å². The number of pyridine rings is 2. The molecule has 3 N–H and O–H groups in total. The van der Waals surface area contributed by atoms with Gasteiger partial charge in [-0.3, -0.25) is 4.79 Å². The molecule has 0 radical (unpaired) electrons. The first-order chi connectivity index (χ1) is 16.5. The Labute approximate surface area is 202 Å². The van der Waals surface area contributed by atoms with Gasteiger partial charge in [0.2, 0.25) is 5.88 Å². The van der Waals surface area contributed by atoms with Gasteiger partial charge in [0.25, 0.3) is 15.9 Å². The van der Waals surface area contributed by atoms with Crippen LogP contribution in [0.25, 0.3) is 0 Å². The lowest BCUT2D eigenvalue weighted by molar-refractivity contribution is -0.291. The lowest BCUT2D eigenvalue weighted by Crippen LogP contribution is -2.35. The normalized spacial score (nSPS) is 12.3. The second-order valence-corrected chi connectivity index (χ2v) is 9.42. The summed E-state index contributed by atoms with van der Waals surface area (Å²) in [7, 11) is -4.61. The lowest BCUT2D eigenvalue weighted by atomic mass is 10.1. The molecular formula is C22H19F5N4O4S. The van der Waals surface area contributed by atoms with E-state index in [2.05, 4.69) is 9.97 Å². The number of benzene rings is 1. The maximum absolute atomic E-state index is 14.0. The molecule has 2 heterocycles. The van der Waals surface area contributed by atoms with Crippen LogP contribution in [-0.4, -0.2) is 30.5 Å². The van der Waals surface area contributed by atoms with E-state index < -0.39 is 50.2 Å². The van der Waals surface area contributed by atoms with Gasteiger partial charge in [-0.1, -0.05) is 23.8 Å². The molecule has 0 spiro atoms. The number of aryl methyl sites for hydroxylation is 3. The summed E-state index contributed by atoms with van der Waals surface area (Å²) in [5, 5.41) is -0.628. The second-order valence-electron chi connectivity index (χ2n) is 7.79. The molecule has 0 unspecified atom stereocenters. The Hall–Kier alpha value is -3.81. The van der Waals surface area contributed by atoms with Crippen molar-refractivity contribution in [1.29, 1.82) is 0 Å². The molecular weight excluding hydrogens is 511 g/mol. The topological polar surface area (TPSA) is 124 Å². The third-order valence-electron chi connectivity index (χ3n) is 4.83. The van der Waals surface area contributed by atoms with Crippen molar-refractivity contribution in [2.45, 2.75) is 37.9 Å². The van der Waals surface area contributed by atoms with E-state index in [9.17, 15) is 35.2 Å². The number of carbonyl (C=O) groups excluding carboxylic acids is 1. The highest BCUT2D eigenvalue weighted by atomic mass is 32.2. The van der Waals surface area contributed by atoms with Crippen LogP contribution in [0.4, 0.5) is 27.8 Å². The van der Waals surface area contributed by atoms with Crippen LogP contribution in [0.1, 0.15) is 32.7 Å². The monoisotopic (exact) mass is 530 g/mol. The van der Waals surface area contributed by atoms with Gasteiger partial charge in [0.1, 0.15) is 22.8 Å². The Morgan fingerprint density at radius 2 is 1.58 bits per heavy atom. The Morgan fingerprint density at radius 1 is 0.972 bits per heavy atom. The van der Waals surface area contributed by atoms with Crippen molar-refractivity contribution >= 4 is 21.7 Å². The predicted octanol–water partition coefficient (Wildman–Crippen LogP) is 4.55. The standard InChI is InChI=1S/C22H19F5N4O4S/c1-11-9-12(2)18(13(3)10-11)35-20-14(7-8-15(29-20)21(23,24)22(25,26)27)19(32)31-36(33,34)17-6-4-5-16(28)30-17/h4-10H,1-3H3,(H2,28,30)(H,31,32). The van der Waals surface area contributed by atoms with Crippen molar-refractivity contribution in [2.24, 2.45) is 0 Å². The number of nitrogens with one attached hydrogen (secondary N) is 1. The molecule has 0 saturated heterocycles. The maximum Gasteiger partial charge on any atom is 0.459 e.